The number of nitrogens with one attached hydrogen (secondary N) is 1. The maximum Gasteiger partial charge on any atom is 0.0666 e. The molecule has 0 radical (unpaired) electrons. The van der Waals surface area contributed by atoms with Crippen LogP contribution in [0.4, 0.5) is 0 Å². The molecule has 1 saturated heterocycles. The summed E-state index contributed by atoms with van der Waals surface area (Å²) in [5.41, 5.74) is 0. The molecule has 0 bridgehead atoms. The van der Waals surface area contributed by atoms with Gasteiger partial charge >= 0.3 is 0 Å². The van der Waals surface area contributed by atoms with Gasteiger partial charge in [0.15, 0.2) is 0 Å². The Morgan fingerprint density at radius 2 is 1.94 bits per heavy atom. The summed E-state index contributed by atoms with van der Waals surface area (Å²) < 4.78 is 5.71. The average Bonchev–Trinajstić information content (AvgIpc) is 2.64. The third kappa shape index (κ3) is 4.14. The number of hydrogen-bond donors (Lipinski definition) is 1. The topological polar surface area (TPSA) is 21.3 Å². The Morgan fingerprint density at radius 3 is 2.67 bits per heavy atom. The van der Waals surface area contributed by atoms with Crippen molar-refractivity contribution in [2.75, 3.05) is 13.2 Å². The van der Waals surface area contributed by atoms with Crippen molar-refractivity contribution in [3.05, 3.63) is 0 Å². The third-order valence-electron chi connectivity index (χ3n) is 4.27. The van der Waals surface area contributed by atoms with E-state index in [4.69, 9.17) is 4.74 Å². The fraction of sp³-hybridized carbons (Fsp3) is 1.00. The van der Waals surface area contributed by atoms with Crippen LogP contribution in [0.25, 0.3) is 0 Å². The van der Waals surface area contributed by atoms with Gasteiger partial charge in [0.1, 0.15) is 0 Å². The number of ether oxygens (including phenoxy) is 1. The largest absolute Gasteiger partial charge is 0.377 e. The van der Waals surface area contributed by atoms with Gasteiger partial charge in [0, 0.05) is 23.1 Å². The van der Waals surface area contributed by atoms with Crippen molar-refractivity contribution in [3.8, 4) is 0 Å². The quantitative estimate of drug-likeness (QED) is 0.772. The van der Waals surface area contributed by atoms with Crippen molar-refractivity contribution >= 4 is 11.8 Å². The molecule has 2 nitrogen and oxygen atoms in total. The highest BCUT2D eigenvalue weighted by Gasteiger charge is 2.31. The van der Waals surface area contributed by atoms with Crippen LogP contribution in [0.3, 0.4) is 0 Å². The minimum absolute atomic E-state index is 0.463. The Kier molecular flexibility index (Phi) is 6.33. The van der Waals surface area contributed by atoms with Crippen molar-refractivity contribution in [2.24, 2.45) is 0 Å². The molecule has 4 unspecified atom stereocenters. The molecule has 0 spiro atoms. The van der Waals surface area contributed by atoms with Crippen LogP contribution in [-0.2, 0) is 4.74 Å². The Hall–Kier alpha value is 0.270. The van der Waals surface area contributed by atoms with Gasteiger partial charge in [-0.3, -0.25) is 0 Å². The van der Waals surface area contributed by atoms with E-state index in [1.54, 1.807) is 0 Å². The van der Waals surface area contributed by atoms with E-state index in [1.165, 1.54) is 51.5 Å². The lowest BCUT2D eigenvalue weighted by Gasteiger charge is -2.29. The minimum atomic E-state index is 0.463. The number of thioether (sulfide) groups is 1. The second kappa shape index (κ2) is 7.76. The molecule has 1 saturated carbocycles. The fourth-order valence-electron chi connectivity index (χ4n) is 3.12. The van der Waals surface area contributed by atoms with Crippen LogP contribution in [0, 0.1) is 0 Å². The summed E-state index contributed by atoms with van der Waals surface area (Å²) in [5, 5.41) is 5.34. The molecule has 2 fully saturated rings. The molecule has 0 aromatic carbocycles. The molecule has 106 valence electrons. The zero-order valence-corrected chi connectivity index (χ0v) is 12.8. The molecular weight excluding hydrogens is 242 g/mol. The van der Waals surface area contributed by atoms with Gasteiger partial charge in [-0.15, -0.1) is 0 Å². The first-order valence-electron chi connectivity index (χ1n) is 7.81. The summed E-state index contributed by atoms with van der Waals surface area (Å²) in [6.45, 7) is 6.66. The zero-order chi connectivity index (χ0) is 12.8. The number of rotatable bonds is 5. The van der Waals surface area contributed by atoms with E-state index in [9.17, 15) is 0 Å². The van der Waals surface area contributed by atoms with E-state index in [1.807, 2.05) is 0 Å². The molecule has 1 heterocycles. The predicted octanol–water partition coefficient (Wildman–Crippen LogP) is 3.60. The van der Waals surface area contributed by atoms with E-state index < -0.39 is 0 Å². The molecule has 4 atom stereocenters. The molecular formula is C15H29NOS. The standard InChI is InChI=1S/C15H29NOS/c1-3-10-16-13-7-5-4-6-8-15(13)18-14-9-11-17-12(14)2/h12-16H,3-11H2,1-2H3. The van der Waals surface area contributed by atoms with E-state index in [0.29, 0.717) is 6.10 Å². The maximum absolute atomic E-state index is 5.71. The van der Waals surface area contributed by atoms with Crippen molar-refractivity contribution in [3.63, 3.8) is 0 Å². The summed E-state index contributed by atoms with van der Waals surface area (Å²) in [6.07, 6.45) is 10.00. The highest BCUT2D eigenvalue weighted by atomic mass is 32.2. The number of hydrogen-bond acceptors (Lipinski definition) is 3. The Balaban J connectivity index is 1.87. The smallest absolute Gasteiger partial charge is 0.0666 e. The summed E-state index contributed by atoms with van der Waals surface area (Å²) in [5.74, 6) is 0. The van der Waals surface area contributed by atoms with Crippen LogP contribution in [0.15, 0.2) is 0 Å². The van der Waals surface area contributed by atoms with Gasteiger partial charge in [0.25, 0.3) is 0 Å². The van der Waals surface area contributed by atoms with E-state index in [2.05, 4.69) is 30.9 Å². The van der Waals surface area contributed by atoms with Gasteiger partial charge in [-0.25, -0.2) is 0 Å². The first kappa shape index (κ1) is 14.7. The molecule has 18 heavy (non-hydrogen) atoms. The van der Waals surface area contributed by atoms with E-state index in [-0.39, 0.29) is 0 Å². The highest BCUT2D eigenvalue weighted by Crippen LogP contribution is 2.36. The first-order chi connectivity index (χ1) is 8.81. The van der Waals surface area contributed by atoms with Gasteiger partial charge in [-0.1, -0.05) is 26.2 Å². The van der Waals surface area contributed by atoms with Gasteiger partial charge in [-0.05, 0) is 39.2 Å². The van der Waals surface area contributed by atoms with Crippen LogP contribution in [-0.4, -0.2) is 35.8 Å². The van der Waals surface area contributed by atoms with E-state index in [0.717, 1.165) is 23.1 Å². The van der Waals surface area contributed by atoms with Crippen molar-refractivity contribution < 1.29 is 4.74 Å². The summed E-state index contributed by atoms with van der Waals surface area (Å²) in [7, 11) is 0. The van der Waals surface area contributed by atoms with Gasteiger partial charge < -0.3 is 10.1 Å². The first-order valence-corrected chi connectivity index (χ1v) is 8.76. The Labute approximate surface area is 117 Å². The lowest BCUT2D eigenvalue weighted by molar-refractivity contribution is 0.127. The maximum atomic E-state index is 5.71. The van der Waals surface area contributed by atoms with Crippen LogP contribution >= 0.6 is 11.8 Å². The summed E-state index contributed by atoms with van der Waals surface area (Å²) in [4.78, 5) is 0. The van der Waals surface area contributed by atoms with Crippen LogP contribution in [0.1, 0.15) is 58.8 Å². The molecule has 2 aliphatic rings. The minimum Gasteiger partial charge on any atom is -0.377 e. The highest BCUT2D eigenvalue weighted by molar-refractivity contribution is 8.00. The second-order valence-electron chi connectivity index (χ2n) is 5.78. The molecule has 1 N–H and O–H groups in total. The lowest BCUT2D eigenvalue weighted by atomic mass is 10.1. The van der Waals surface area contributed by atoms with Crippen LogP contribution < -0.4 is 5.32 Å². The molecule has 0 amide bonds. The van der Waals surface area contributed by atoms with Crippen molar-refractivity contribution in [1.29, 1.82) is 0 Å². The SMILES string of the molecule is CCCNC1CCCCCC1SC1CCOC1C. The summed E-state index contributed by atoms with van der Waals surface area (Å²) in [6, 6.07) is 0.741. The molecule has 2 rings (SSSR count). The van der Waals surface area contributed by atoms with Gasteiger partial charge in [0.05, 0.1) is 6.10 Å². The van der Waals surface area contributed by atoms with Gasteiger partial charge in [-0.2, -0.15) is 11.8 Å². The second-order valence-corrected chi connectivity index (χ2v) is 7.26. The molecule has 3 heteroatoms. The molecule has 0 aromatic rings. The Bertz CT molecular complexity index is 237. The monoisotopic (exact) mass is 271 g/mol. The fourth-order valence-corrected chi connectivity index (χ4v) is 4.82. The molecule has 1 aliphatic heterocycles. The van der Waals surface area contributed by atoms with Crippen LogP contribution in [0.2, 0.25) is 0 Å². The third-order valence-corrected chi connectivity index (χ3v) is 6.15. The average molecular weight is 271 g/mol. The molecule has 0 aromatic heterocycles. The normalized spacial score (nSPS) is 37.7. The van der Waals surface area contributed by atoms with E-state index >= 15 is 0 Å². The lowest BCUT2D eigenvalue weighted by Crippen LogP contribution is -2.39. The molecule has 1 aliphatic carbocycles. The Morgan fingerprint density at radius 1 is 1.11 bits per heavy atom. The van der Waals surface area contributed by atoms with Gasteiger partial charge in [0.2, 0.25) is 0 Å². The zero-order valence-electron chi connectivity index (χ0n) is 12.0. The van der Waals surface area contributed by atoms with Crippen LogP contribution in [0.5, 0.6) is 0 Å². The van der Waals surface area contributed by atoms with Crippen molar-refractivity contribution in [1.82, 2.24) is 5.32 Å². The van der Waals surface area contributed by atoms with Crippen molar-refractivity contribution in [2.45, 2.75) is 81.4 Å². The summed E-state index contributed by atoms with van der Waals surface area (Å²) >= 11 is 2.22. The predicted molar refractivity (Wildman–Crippen MR) is 80.4 cm³/mol.